The number of Topliss-reactive ketones (excluding diaryl/α,β-unsaturated/α-hetero) is 1. The minimum absolute atomic E-state index is 0.250. The van der Waals surface area contributed by atoms with Crippen LogP contribution in [0.3, 0.4) is 0 Å². The topological polar surface area (TPSA) is 17.1 Å². The minimum atomic E-state index is 0.250. The number of hydrogen-bond donors (Lipinski definition) is 0. The smallest absolute Gasteiger partial charge is 0.162 e. The third kappa shape index (κ3) is 3.94. The van der Waals surface area contributed by atoms with Crippen molar-refractivity contribution in [1.29, 1.82) is 0 Å². The van der Waals surface area contributed by atoms with Crippen LogP contribution in [0.1, 0.15) is 87.1 Å². The maximum Gasteiger partial charge on any atom is 0.162 e. The highest BCUT2D eigenvalue weighted by Gasteiger charge is 2.21. The van der Waals surface area contributed by atoms with E-state index in [1.54, 1.807) is 0 Å². The molecule has 110 valence electrons. The average Bonchev–Trinajstić information content (AvgIpc) is 2.53. The zero-order chi connectivity index (χ0) is 14.4. The Morgan fingerprint density at radius 3 is 2.25 bits per heavy atom. The standard InChI is InChI=1S/C19H28O/c1-3-5-6-15-7-9-16(10-8-15)17-11-13-18(14-12-17)19(20)4-2/h11-16H,3-10H2,1-2H3. The number of carbonyl (C=O) groups is 1. The van der Waals surface area contributed by atoms with Crippen LogP contribution in [0.5, 0.6) is 0 Å². The zero-order valence-electron chi connectivity index (χ0n) is 13.0. The first kappa shape index (κ1) is 15.3. The van der Waals surface area contributed by atoms with Crippen molar-refractivity contribution in [3.63, 3.8) is 0 Å². The van der Waals surface area contributed by atoms with Crippen LogP contribution < -0.4 is 0 Å². The van der Waals surface area contributed by atoms with Crippen molar-refractivity contribution in [2.45, 2.75) is 71.1 Å². The molecule has 2 rings (SSSR count). The van der Waals surface area contributed by atoms with Gasteiger partial charge in [0.25, 0.3) is 0 Å². The summed E-state index contributed by atoms with van der Waals surface area (Å²) in [4.78, 5) is 11.6. The third-order valence-corrected chi connectivity index (χ3v) is 4.84. The van der Waals surface area contributed by atoms with Gasteiger partial charge in [-0.05, 0) is 43.1 Å². The lowest BCUT2D eigenvalue weighted by molar-refractivity contribution is 0.0988. The van der Waals surface area contributed by atoms with E-state index >= 15 is 0 Å². The fourth-order valence-electron chi connectivity index (χ4n) is 3.42. The van der Waals surface area contributed by atoms with E-state index < -0.39 is 0 Å². The Morgan fingerprint density at radius 2 is 1.70 bits per heavy atom. The molecule has 1 aromatic rings. The van der Waals surface area contributed by atoms with Gasteiger partial charge in [0.15, 0.2) is 5.78 Å². The molecule has 0 N–H and O–H groups in total. The van der Waals surface area contributed by atoms with Gasteiger partial charge in [-0.2, -0.15) is 0 Å². The SMILES string of the molecule is CCCCC1CCC(c2ccc(C(=O)CC)cc2)CC1. The maximum atomic E-state index is 11.6. The quantitative estimate of drug-likeness (QED) is 0.603. The Kier molecular flexibility index (Phi) is 5.82. The molecule has 1 aromatic carbocycles. The van der Waals surface area contributed by atoms with Gasteiger partial charge in [0.05, 0.1) is 0 Å². The molecule has 0 bridgehead atoms. The number of rotatable bonds is 6. The second kappa shape index (κ2) is 7.61. The van der Waals surface area contributed by atoms with E-state index in [0.29, 0.717) is 6.42 Å². The van der Waals surface area contributed by atoms with Crippen LogP contribution in [0.25, 0.3) is 0 Å². The minimum Gasteiger partial charge on any atom is -0.294 e. The van der Waals surface area contributed by atoms with E-state index in [1.807, 2.05) is 19.1 Å². The van der Waals surface area contributed by atoms with Crippen LogP contribution in [0, 0.1) is 5.92 Å². The van der Waals surface area contributed by atoms with Gasteiger partial charge in [-0.25, -0.2) is 0 Å². The van der Waals surface area contributed by atoms with Crippen molar-refractivity contribution in [2.24, 2.45) is 5.92 Å². The van der Waals surface area contributed by atoms with Crippen molar-refractivity contribution in [3.05, 3.63) is 35.4 Å². The number of benzene rings is 1. The molecule has 1 nitrogen and oxygen atoms in total. The predicted octanol–water partition coefficient (Wildman–Crippen LogP) is 5.74. The van der Waals surface area contributed by atoms with Crippen molar-refractivity contribution in [1.82, 2.24) is 0 Å². The fourth-order valence-corrected chi connectivity index (χ4v) is 3.42. The Labute approximate surface area is 123 Å². The molecule has 0 spiro atoms. The molecule has 0 radical (unpaired) electrons. The van der Waals surface area contributed by atoms with Gasteiger partial charge >= 0.3 is 0 Å². The van der Waals surface area contributed by atoms with E-state index in [-0.39, 0.29) is 5.78 Å². The van der Waals surface area contributed by atoms with Crippen LogP contribution in [0.2, 0.25) is 0 Å². The largest absolute Gasteiger partial charge is 0.294 e. The molecule has 1 heteroatoms. The summed E-state index contributed by atoms with van der Waals surface area (Å²) in [6.45, 7) is 4.21. The second-order valence-corrected chi connectivity index (χ2v) is 6.26. The monoisotopic (exact) mass is 272 g/mol. The number of unbranched alkanes of at least 4 members (excludes halogenated alkanes) is 1. The van der Waals surface area contributed by atoms with Crippen LogP contribution in [-0.2, 0) is 0 Å². The van der Waals surface area contributed by atoms with Crippen molar-refractivity contribution >= 4 is 5.78 Å². The normalized spacial score (nSPS) is 22.7. The van der Waals surface area contributed by atoms with Crippen molar-refractivity contribution in [2.75, 3.05) is 0 Å². The average molecular weight is 272 g/mol. The lowest BCUT2D eigenvalue weighted by atomic mass is 9.77. The number of carbonyl (C=O) groups excluding carboxylic acids is 1. The summed E-state index contributed by atoms with van der Waals surface area (Å²) in [6.07, 6.45) is 10.2. The first-order valence-electron chi connectivity index (χ1n) is 8.37. The molecular weight excluding hydrogens is 244 g/mol. The second-order valence-electron chi connectivity index (χ2n) is 6.26. The number of hydrogen-bond acceptors (Lipinski definition) is 1. The molecule has 0 amide bonds. The van der Waals surface area contributed by atoms with Crippen LogP contribution >= 0.6 is 0 Å². The summed E-state index contributed by atoms with van der Waals surface area (Å²) >= 11 is 0. The first-order valence-corrected chi connectivity index (χ1v) is 8.37. The van der Waals surface area contributed by atoms with E-state index in [1.165, 1.54) is 50.5 Å². The Morgan fingerprint density at radius 1 is 1.05 bits per heavy atom. The lowest BCUT2D eigenvalue weighted by Gasteiger charge is -2.28. The molecule has 1 saturated carbocycles. The summed E-state index contributed by atoms with van der Waals surface area (Å²) in [5.41, 5.74) is 2.31. The summed E-state index contributed by atoms with van der Waals surface area (Å²) in [6, 6.07) is 8.40. The van der Waals surface area contributed by atoms with Crippen LogP contribution in [0.15, 0.2) is 24.3 Å². The van der Waals surface area contributed by atoms with Gasteiger partial charge < -0.3 is 0 Å². The molecule has 0 aromatic heterocycles. The molecular formula is C19H28O. The highest BCUT2D eigenvalue weighted by atomic mass is 16.1. The van der Waals surface area contributed by atoms with Gasteiger partial charge in [0.2, 0.25) is 0 Å². The molecule has 20 heavy (non-hydrogen) atoms. The van der Waals surface area contributed by atoms with E-state index in [2.05, 4.69) is 19.1 Å². The van der Waals surface area contributed by atoms with Crippen molar-refractivity contribution < 1.29 is 4.79 Å². The third-order valence-electron chi connectivity index (χ3n) is 4.84. The molecule has 0 saturated heterocycles. The summed E-state index contributed by atoms with van der Waals surface area (Å²) in [5.74, 6) is 1.94. The summed E-state index contributed by atoms with van der Waals surface area (Å²) < 4.78 is 0. The van der Waals surface area contributed by atoms with Gasteiger partial charge in [0, 0.05) is 12.0 Å². The van der Waals surface area contributed by atoms with Gasteiger partial charge in [-0.1, -0.05) is 57.4 Å². The molecule has 0 atom stereocenters. The molecule has 0 heterocycles. The van der Waals surface area contributed by atoms with Crippen molar-refractivity contribution in [3.8, 4) is 0 Å². The molecule has 0 aliphatic heterocycles. The Balaban J connectivity index is 1.89. The molecule has 0 unspecified atom stereocenters. The van der Waals surface area contributed by atoms with E-state index in [9.17, 15) is 4.79 Å². The van der Waals surface area contributed by atoms with Gasteiger partial charge in [-0.15, -0.1) is 0 Å². The van der Waals surface area contributed by atoms with E-state index in [4.69, 9.17) is 0 Å². The molecule has 1 aliphatic rings. The van der Waals surface area contributed by atoms with E-state index in [0.717, 1.165) is 17.4 Å². The van der Waals surface area contributed by atoms with Crippen LogP contribution in [-0.4, -0.2) is 5.78 Å². The highest BCUT2D eigenvalue weighted by Crippen LogP contribution is 2.37. The highest BCUT2D eigenvalue weighted by molar-refractivity contribution is 5.95. The number of ketones is 1. The van der Waals surface area contributed by atoms with Gasteiger partial charge in [0.1, 0.15) is 0 Å². The molecule has 1 fully saturated rings. The van der Waals surface area contributed by atoms with Crippen LogP contribution in [0.4, 0.5) is 0 Å². The lowest BCUT2D eigenvalue weighted by Crippen LogP contribution is -2.13. The Bertz CT molecular complexity index is 410. The van der Waals surface area contributed by atoms with Gasteiger partial charge in [-0.3, -0.25) is 4.79 Å². The first-order chi connectivity index (χ1) is 9.74. The molecule has 1 aliphatic carbocycles. The predicted molar refractivity (Wildman–Crippen MR) is 85.3 cm³/mol. The summed E-state index contributed by atoms with van der Waals surface area (Å²) in [5, 5.41) is 0. The fraction of sp³-hybridized carbons (Fsp3) is 0.632. The zero-order valence-corrected chi connectivity index (χ0v) is 13.0. The Hall–Kier alpha value is -1.11. The maximum absolute atomic E-state index is 11.6. The summed E-state index contributed by atoms with van der Waals surface area (Å²) in [7, 11) is 0.